The molecule has 0 amide bonds. The van der Waals surface area contributed by atoms with Gasteiger partial charge in [-0.1, -0.05) is 205 Å². The van der Waals surface area contributed by atoms with Crippen molar-refractivity contribution in [3.8, 4) is 0 Å². The zero-order chi connectivity index (χ0) is 43.0. The molecule has 0 spiro atoms. The zero-order valence-electron chi connectivity index (χ0n) is 39.3. The van der Waals surface area contributed by atoms with Crippen LogP contribution in [0.4, 0.5) is 0 Å². The molecule has 0 aromatic carbocycles. The topological polar surface area (TPSA) is 78.9 Å². The molecule has 344 valence electrons. The Morgan fingerprint density at radius 2 is 0.610 bits per heavy atom. The summed E-state index contributed by atoms with van der Waals surface area (Å²) in [7, 11) is 0. The van der Waals surface area contributed by atoms with Gasteiger partial charge in [-0.25, -0.2) is 0 Å². The number of ether oxygens (including phenoxy) is 3. The van der Waals surface area contributed by atoms with E-state index in [4.69, 9.17) is 14.2 Å². The van der Waals surface area contributed by atoms with Crippen LogP contribution in [0.2, 0.25) is 0 Å². The summed E-state index contributed by atoms with van der Waals surface area (Å²) in [5, 5.41) is 0. The Bertz CT molecular complexity index is 1000. The molecule has 0 rings (SSSR count). The molecule has 0 aromatic rings. The number of carbonyl (C=O) groups excluding carboxylic acids is 3. The van der Waals surface area contributed by atoms with Gasteiger partial charge in [0.1, 0.15) is 13.2 Å². The Hall–Kier alpha value is -2.37. The summed E-state index contributed by atoms with van der Waals surface area (Å²) < 4.78 is 16.6. The molecule has 0 saturated heterocycles. The van der Waals surface area contributed by atoms with E-state index in [0.29, 0.717) is 19.3 Å². The lowest BCUT2D eigenvalue weighted by atomic mass is 10.1. The van der Waals surface area contributed by atoms with Crippen molar-refractivity contribution in [2.45, 2.75) is 271 Å². The monoisotopic (exact) mass is 829 g/mol. The van der Waals surface area contributed by atoms with Crippen LogP contribution in [0, 0.1) is 0 Å². The third-order valence-electron chi connectivity index (χ3n) is 11.1. The van der Waals surface area contributed by atoms with Gasteiger partial charge in [0.25, 0.3) is 0 Å². The average molecular weight is 829 g/mol. The predicted molar refractivity (Wildman–Crippen MR) is 252 cm³/mol. The van der Waals surface area contributed by atoms with Crippen molar-refractivity contribution in [3.63, 3.8) is 0 Å². The van der Waals surface area contributed by atoms with E-state index in [1.165, 1.54) is 135 Å². The molecule has 0 saturated carbocycles. The molecule has 0 aliphatic carbocycles. The highest BCUT2D eigenvalue weighted by atomic mass is 16.6. The second-order valence-corrected chi connectivity index (χ2v) is 17.1. The molecule has 0 aromatic heterocycles. The van der Waals surface area contributed by atoms with Crippen LogP contribution in [0.15, 0.2) is 36.5 Å². The third kappa shape index (κ3) is 46.5. The maximum Gasteiger partial charge on any atom is 0.306 e. The van der Waals surface area contributed by atoms with Crippen molar-refractivity contribution >= 4 is 17.9 Å². The molecule has 0 bridgehead atoms. The zero-order valence-corrected chi connectivity index (χ0v) is 39.3. The van der Waals surface area contributed by atoms with E-state index in [1.807, 2.05) is 0 Å². The first-order valence-corrected chi connectivity index (χ1v) is 25.5. The second-order valence-electron chi connectivity index (χ2n) is 17.1. The SMILES string of the molecule is CCCCC/C=C\C/C=C\CCCCCCCC(=O)OC(COC(=O)CCCCCCC)COC(=O)CCCCCCCCCCC/C=C\CCCCCCCCCC. The van der Waals surface area contributed by atoms with Gasteiger partial charge in [-0.3, -0.25) is 14.4 Å². The first kappa shape index (κ1) is 56.6. The lowest BCUT2D eigenvalue weighted by Gasteiger charge is -2.18. The van der Waals surface area contributed by atoms with Gasteiger partial charge in [0, 0.05) is 19.3 Å². The summed E-state index contributed by atoms with van der Waals surface area (Å²) in [4.78, 5) is 37.6. The molecule has 0 N–H and O–H groups in total. The molecular formula is C53H96O6. The standard InChI is InChI=1S/C53H96O6/c1-4-7-10-13-15-17-19-21-23-24-25-26-27-28-30-31-33-35-37-40-43-46-52(55)58-49-50(48-57-51(54)45-42-39-12-9-6-3)59-53(56)47-44-41-38-36-34-32-29-22-20-18-16-14-11-8-5-2/h16,18,22,24-25,29,50H,4-15,17,19-21,23,26-28,30-49H2,1-3H3/b18-16-,25-24-,29-22-. The quantitative estimate of drug-likeness (QED) is 0.0263. The van der Waals surface area contributed by atoms with Crippen LogP contribution in [0.3, 0.4) is 0 Å². The number of esters is 3. The highest BCUT2D eigenvalue weighted by Gasteiger charge is 2.19. The number of hydrogen-bond donors (Lipinski definition) is 0. The number of allylic oxidation sites excluding steroid dienone is 6. The van der Waals surface area contributed by atoms with Gasteiger partial charge in [0.05, 0.1) is 0 Å². The summed E-state index contributed by atoms with van der Waals surface area (Å²) in [6.07, 6.45) is 55.9. The van der Waals surface area contributed by atoms with Crippen molar-refractivity contribution < 1.29 is 28.6 Å². The Balaban J connectivity index is 4.14. The van der Waals surface area contributed by atoms with E-state index in [-0.39, 0.29) is 31.1 Å². The first-order valence-electron chi connectivity index (χ1n) is 25.5. The third-order valence-corrected chi connectivity index (χ3v) is 11.1. The molecule has 6 nitrogen and oxygen atoms in total. The van der Waals surface area contributed by atoms with E-state index >= 15 is 0 Å². The Labute approximate surface area is 365 Å². The lowest BCUT2D eigenvalue weighted by molar-refractivity contribution is -0.167. The van der Waals surface area contributed by atoms with Crippen molar-refractivity contribution in [3.05, 3.63) is 36.5 Å². The van der Waals surface area contributed by atoms with Crippen LogP contribution in [0.1, 0.15) is 265 Å². The Morgan fingerprint density at radius 1 is 0.339 bits per heavy atom. The van der Waals surface area contributed by atoms with Gasteiger partial charge in [-0.15, -0.1) is 0 Å². The smallest absolute Gasteiger partial charge is 0.306 e. The van der Waals surface area contributed by atoms with Crippen molar-refractivity contribution in [1.82, 2.24) is 0 Å². The van der Waals surface area contributed by atoms with Crippen LogP contribution in [0.5, 0.6) is 0 Å². The molecule has 1 atom stereocenters. The minimum atomic E-state index is -0.774. The van der Waals surface area contributed by atoms with Crippen LogP contribution >= 0.6 is 0 Å². The first-order chi connectivity index (χ1) is 29.0. The van der Waals surface area contributed by atoms with Crippen LogP contribution < -0.4 is 0 Å². The average Bonchev–Trinajstić information content (AvgIpc) is 3.23. The van der Waals surface area contributed by atoms with E-state index in [2.05, 4.69) is 57.2 Å². The molecule has 59 heavy (non-hydrogen) atoms. The number of unbranched alkanes of at least 4 members (excludes halogenated alkanes) is 29. The summed E-state index contributed by atoms with van der Waals surface area (Å²) >= 11 is 0. The molecule has 0 fully saturated rings. The Kier molecular flexibility index (Phi) is 46.4. The van der Waals surface area contributed by atoms with E-state index in [0.717, 1.165) is 89.9 Å². The fourth-order valence-corrected chi connectivity index (χ4v) is 7.23. The highest BCUT2D eigenvalue weighted by Crippen LogP contribution is 2.15. The molecule has 0 heterocycles. The molecule has 0 radical (unpaired) electrons. The maximum atomic E-state index is 12.7. The van der Waals surface area contributed by atoms with Gasteiger partial charge in [0.2, 0.25) is 0 Å². The molecule has 0 aliphatic rings. The molecule has 0 aliphatic heterocycles. The van der Waals surface area contributed by atoms with Gasteiger partial charge in [-0.05, 0) is 77.0 Å². The summed E-state index contributed by atoms with van der Waals surface area (Å²) in [6, 6.07) is 0. The summed E-state index contributed by atoms with van der Waals surface area (Å²) in [5.41, 5.74) is 0. The number of hydrogen-bond acceptors (Lipinski definition) is 6. The van der Waals surface area contributed by atoms with Crippen molar-refractivity contribution in [1.29, 1.82) is 0 Å². The maximum absolute atomic E-state index is 12.7. The van der Waals surface area contributed by atoms with Crippen LogP contribution in [-0.4, -0.2) is 37.2 Å². The summed E-state index contributed by atoms with van der Waals surface area (Å²) in [6.45, 7) is 6.53. The minimum Gasteiger partial charge on any atom is -0.462 e. The fraction of sp³-hybridized carbons (Fsp3) is 0.830. The fourth-order valence-electron chi connectivity index (χ4n) is 7.23. The second kappa shape index (κ2) is 48.3. The van der Waals surface area contributed by atoms with Gasteiger partial charge < -0.3 is 14.2 Å². The highest BCUT2D eigenvalue weighted by molar-refractivity contribution is 5.71. The van der Waals surface area contributed by atoms with Gasteiger partial charge in [-0.2, -0.15) is 0 Å². The largest absolute Gasteiger partial charge is 0.462 e. The lowest BCUT2D eigenvalue weighted by Crippen LogP contribution is -2.30. The molecule has 6 heteroatoms. The number of rotatable bonds is 46. The van der Waals surface area contributed by atoms with Crippen molar-refractivity contribution in [2.75, 3.05) is 13.2 Å². The Morgan fingerprint density at radius 3 is 0.983 bits per heavy atom. The van der Waals surface area contributed by atoms with E-state index < -0.39 is 6.10 Å². The van der Waals surface area contributed by atoms with Gasteiger partial charge >= 0.3 is 17.9 Å². The van der Waals surface area contributed by atoms with E-state index in [9.17, 15) is 14.4 Å². The molecule has 1 unspecified atom stereocenters. The van der Waals surface area contributed by atoms with Crippen LogP contribution in [0.25, 0.3) is 0 Å². The normalized spacial score (nSPS) is 12.3. The summed E-state index contributed by atoms with van der Waals surface area (Å²) in [5.74, 6) is -0.901. The minimum absolute atomic E-state index is 0.0778. The number of carbonyl (C=O) groups is 3. The predicted octanol–water partition coefficient (Wildman–Crippen LogP) is 16.5. The molecular weight excluding hydrogens is 733 g/mol. The van der Waals surface area contributed by atoms with Crippen LogP contribution in [-0.2, 0) is 28.6 Å². The van der Waals surface area contributed by atoms with E-state index in [1.54, 1.807) is 0 Å². The van der Waals surface area contributed by atoms with Gasteiger partial charge in [0.15, 0.2) is 6.10 Å². The van der Waals surface area contributed by atoms with Crippen molar-refractivity contribution in [2.24, 2.45) is 0 Å².